The van der Waals surface area contributed by atoms with E-state index in [9.17, 15) is 0 Å². The molecule has 2 bridgehead atoms. The monoisotopic (exact) mass is 386 g/mol. The Morgan fingerprint density at radius 2 is 1.17 bits per heavy atom. The first kappa shape index (κ1) is 14.7. The zero-order valence-corrected chi connectivity index (χ0v) is 14.5. The molecule has 0 aromatic rings. The molecule has 2 saturated carbocycles. The van der Waals surface area contributed by atoms with Gasteiger partial charge in [0.1, 0.15) is 9.75 Å². The van der Waals surface area contributed by atoms with Crippen molar-refractivity contribution in [2.45, 2.75) is 38.7 Å². The van der Waals surface area contributed by atoms with Crippen LogP contribution in [0.25, 0.3) is 0 Å². The molecule has 102 valence electrons. The Bertz CT molecular complexity index is 430. The lowest BCUT2D eigenvalue weighted by molar-refractivity contribution is 0.382. The van der Waals surface area contributed by atoms with Gasteiger partial charge in [-0.2, -0.15) is 0 Å². The van der Waals surface area contributed by atoms with E-state index in [1.165, 1.54) is 0 Å². The molecule has 0 nitrogen and oxygen atoms in total. The van der Waals surface area contributed by atoms with Crippen molar-refractivity contribution in [3.05, 3.63) is 10.1 Å². The van der Waals surface area contributed by atoms with Crippen LogP contribution in [-0.2, 0) is 0 Å². The zero-order chi connectivity index (χ0) is 13.7. The van der Waals surface area contributed by atoms with Crippen LogP contribution in [0.3, 0.4) is 0 Å². The van der Waals surface area contributed by atoms with Gasteiger partial charge in [-0.15, -0.1) is 34.8 Å². The van der Waals surface area contributed by atoms with E-state index < -0.39 is 14.1 Å². The molecule has 7 heteroatoms. The van der Waals surface area contributed by atoms with E-state index in [-0.39, 0.29) is 26.8 Å². The third kappa shape index (κ3) is 1.31. The third-order valence-corrected chi connectivity index (χ3v) is 9.20. The van der Waals surface area contributed by atoms with Gasteiger partial charge in [-0.05, 0) is 31.6 Å². The highest BCUT2D eigenvalue weighted by atomic mass is 35.5. The summed E-state index contributed by atoms with van der Waals surface area (Å²) in [4.78, 5) is -2.67. The summed E-state index contributed by atoms with van der Waals surface area (Å²) in [6, 6.07) is 0. The van der Waals surface area contributed by atoms with E-state index in [0.29, 0.717) is 12.8 Å². The number of alkyl halides is 5. The van der Waals surface area contributed by atoms with E-state index in [1.54, 1.807) is 0 Å². The van der Waals surface area contributed by atoms with Gasteiger partial charge in [-0.3, -0.25) is 0 Å². The summed E-state index contributed by atoms with van der Waals surface area (Å²) < 4.78 is -1.42. The molecule has 4 unspecified atom stereocenters. The number of halogens is 7. The van der Waals surface area contributed by atoms with Crippen molar-refractivity contribution in [2.75, 3.05) is 0 Å². The van der Waals surface area contributed by atoms with Gasteiger partial charge >= 0.3 is 0 Å². The Labute approximate surface area is 141 Å². The molecule has 0 aromatic carbocycles. The van der Waals surface area contributed by atoms with Crippen LogP contribution in [0.1, 0.15) is 19.8 Å². The maximum atomic E-state index is 6.67. The third-order valence-electron chi connectivity index (χ3n) is 4.54. The van der Waals surface area contributed by atoms with Gasteiger partial charge < -0.3 is 0 Å². The average molecular weight is 389 g/mol. The molecule has 0 amide bonds. The predicted molar refractivity (Wildman–Crippen MR) is 80.8 cm³/mol. The number of rotatable bonds is 0. The fraction of sp³-hybridized carbons (Fsp3) is 0.818. The highest BCUT2D eigenvalue weighted by molar-refractivity contribution is 6.65. The number of fused-ring (bicyclic) bond motifs is 5. The summed E-state index contributed by atoms with van der Waals surface area (Å²) in [5, 5.41) is 0.530. The molecule has 0 radical (unpaired) electrons. The van der Waals surface area contributed by atoms with Crippen molar-refractivity contribution in [1.82, 2.24) is 0 Å². The van der Waals surface area contributed by atoms with Crippen LogP contribution >= 0.6 is 81.2 Å². The second kappa shape index (κ2) is 3.75. The molecule has 0 saturated heterocycles. The molecule has 2 fully saturated rings. The second-order valence-corrected chi connectivity index (χ2v) is 9.85. The van der Waals surface area contributed by atoms with E-state index in [4.69, 9.17) is 81.2 Å². The van der Waals surface area contributed by atoms with Crippen LogP contribution < -0.4 is 0 Å². The van der Waals surface area contributed by atoms with E-state index >= 15 is 0 Å². The number of allylic oxidation sites excluding steroid dienone is 2. The SMILES string of the molecule is CC1(Cl)CC2C(C1)C1(Cl)C(Cl)=C(Cl)C2(Cl)C1(Cl)Cl. The van der Waals surface area contributed by atoms with Crippen molar-refractivity contribution in [2.24, 2.45) is 11.8 Å². The first-order chi connectivity index (χ1) is 8.00. The van der Waals surface area contributed by atoms with Crippen LogP contribution in [0.5, 0.6) is 0 Å². The number of hydrogen-bond donors (Lipinski definition) is 0. The molecule has 0 aromatic heterocycles. The lowest BCUT2D eigenvalue weighted by Crippen LogP contribution is -2.46. The molecule has 0 heterocycles. The van der Waals surface area contributed by atoms with Gasteiger partial charge in [0.05, 0.1) is 10.1 Å². The standard InChI is InChI=1S/C11H9Cl7/c1-8(14)2-4-5(3-8)10(16)7(13)6(12)9(4,15)11(10,17)18/h4-5H,2-3H2,1H3. The van der Waals surface area contributed by atoms with Gasteiger partial charge in [0, 0.05) is 4.87 Å². The smallest absolute Gasteiger partial charge is 0.120 e. The summed E-state index contributed by atoms with van der Waals surface area (Å²) in [6.45, 7) is 1.96. The Morgan fingerprint density at radius 1 is 0.833 bits per heavy atom. The highest BCUT2D eigenvalue weighted by Gasteiger charge is 2.83. The fourth-order valence-electron chi connectivity index (χ4n) is 3.77. The summed E-state index contributed by atoms with van der Waals surface area (Å²) in [5.74, 6) is -0.131. The Morgan fingerprint density at radius 3 is 1.50 bits per heavy atom. The highest BCUT2D eigenvalue weighted by Crippen LogP contribution is 2.80. The van der Waals surface area contributed by atoms with Crippen LogP contribution in [0.15, 0.2) is 10.1 Å². The minimum Gasteiger partial charge on any atom is -0.120 e. The Balaban J connectivity index is 2.23. The lowest BCUT2D eigenvalue weighted by Gasteiger charge is -2.35. The fourth-order valence-corrected chi connectivity index (χ4v) is 7.19. The zero-order valence-electron chi connectivity index (χ0n) is 9.21. The van der Waals surface area contributed by atoms with Crippen LogP contribution in [0.4, 0.5) is 0 Å². The topological polar surface area (TPSA) is 0 Å². The molecule has 4 atom stereocenters. The van der Waals surface area contributed by atoms with Crippen LogP contribution in [-0.4, -0.2) is 19.0 Å². The molecule has 0 N–H and O–H groups in total. The van der Waals surface area contributed by atoms with Gasteiger partial charge in [0.25, 0.3) is 0 Å². The van der Waals surface area contributed by atoms with E-state index in [2.05, 4.69) is 0 Å². The summed E-state index contributed by atoms with van der Waals surface area (Å²) in [6.07, 6.45) is 1.33. The van der Waals surface area contributed by atoms with E-state index in [0.717, 1.165) is 0 Å². The van der Waals surface area contributed by atoms with Crippen molar-refractivity contribution in [1.29, 1.82) is 0 Å². The van der Waals surface area contributed by atoms with Gasteiger partial charge in [-0.1, -0.05) is 46.4 Å². The molecule has 3 aliphatic rings. The Kier molecular flexibility index (Phi) is 3.06. The van der Waals surface area contributed by atoms with Gasteiger partial charge in [0.15, 0.2) is 4.33 Å². The molecular formula is C11H9Cl7. The lowest BCUT2D eigenvalue weighted by atomic mass is 9.85. The maximum absolute atomic E-state index is 6.67. The normalized spacial score (nSPS) is 57.3. The molecule has 3 rings (SSSR count). The summed E-state index contributed by atoms with van der Waals surface area (Å²) in [7, 11) is 0. The Hall–Kier alpha value is 1.77. The van der Waals surface area contributed by atoms with Crippen molar-refractivity contribution < 1.29 is 0 Å². The van der Waals surface area contributed by atoms with Crippen LogP contribution in [0.2, 0.25) is 0 Å². The van der Waals surface area contributed by atoms with Gasteiger partial charge in [-0.25, -0.2) is 0 Å². The van der Waals surface area contributed by atoms with Gasteiger partial charge in [0.2, 0.25) is 0 Å². The summed E-state index contributed by atoms with van der Waals surface area (Å²) >= 11 is 45.2. The van der Waals surface area contributed by atoms with Crippen molar-refractivity contribution in [3.63, 3.8) is 0 Å². The minimum atomic E-state index is -1.42. The molecule has 0 spiro atoms. The quantitative estimate of drug-likeness (QED) is 0.456. The van der Waals surface area contributed by atoms with E-state index in [1.807, 2.05) is 6.92 Å². The first-order valence-electron chi connectivity index (χ1n) is 5.51. The summed E-state index contributed by atoms with van der Waals surface area (Å²) in [5.41, 5.74) is 0. The average Bonchev–Trinajstić information content (AvgIpc) is 2.67. The first-order valence-corrected chi connectivity index (χ1v) is 8.15. The maximum Gasteiger partial charge on any atom is 0.166 e. The van der Waals surface area contributed by atoms with Crippen LogP contribution in [0, 0.1) is 11.8 Å². The molecule has 3 aliphatic carbocycles. The second-order valence-electron chi connectivity index (χ2n) is 5.66. The molecule has 0 aliphatic heterocycles. The van der Waals surface area contributed by atoms with Crippen molar-refractivity contribution in [3.8, 4) is 0 Å². The largest absolute Gasteiger partial charge is 0.166 e. The molecule has 18 heavy (non-hydrogen) atoms. The minimum absolute atomic E-state index is 0.0656. The predicted octanol–water partition coefficient (Wildman–Crippen LogP) is 5.86. The molecular weight excluding hydrogens is 380 g/mol. The number of hydrogen-bond acceptors (Lipinski definition) is 0. The van der Waals surface area contributed by atoms with Crippen molar-refractivity contribution >= 4 is 81.2 Å².